The molecule has 1 heterocycles. The molecule has 1 N–H and O–H groups in total. The van der Waals surface area contributed by atoms with Gasteiger partial charge in [-0.05, 0) is 48.7 Å². The van der Waals surface area contributed by atoms with Crippen molar-refractivity contribution in [3.63, 3.8) is 0 Å². The quantitative estimate of drug-likeness (QED) is 0.843. The largest absolute Gasteiger partial charge is 0.375 e. The van der Waals surface area contributed by atoms with Crippen LogP contribution in [0.4, 0.5) is 17.1 Å². The molecule has 1 aliphatic rings. The van der Waals surface area contributed by atoms with Crippen LogP contribution in [0.1, 0.15) is 22.3 Å². The number of carbonyl (C=O) groups excluding carboxylic acids is 1. The van der Waals surface area contributed by atoms with E-state index in [1.165, 1.54) is 10.6 Å². The predicted molar refractivity (Wildman–Crippen MR) is 111 cm³/mol. The number of nitrogens with zero attached hydrogens (tertiary/aromatic N) is 2. The lowest BCUT2D eigenvalue weighted by atomic mass is 10.0. The Hall–Kier alpha value is -2.25. The van der Waals surface area contributed by atoms with E-state index in [1.807, 2.05) is 19.0 Å². The molecule has 2 aromatic rings. The standard InChI is InChI=1S/C19H22ClN3O3S/c1-22(2)18-15(20)7-4-8-16(18)21-19(24)14-9-10-17-13(12-14)6-5-11-23(17)27(3,25)26/h4,7-10,12H,5-6,11H2,1-3H3,(H,21,24). The number of carbonyl (C=O) groups is 1. The summed E-state index contributed by atoms with van der Waals surface area (Å²) in [6.45, 7) is 0.464. The lowest BCUT2D eigenvalue weighted by molar-refractivity contribution is 0.102. The number of nitrogens with one attached hydrogen (secondary N) is 1. The van der Waals surface area contributed by atoms with Crippen molar-refractivity contribution in [2.24, 2.45) is 0 Å². The fourth-order valence-electron chi connectivity index (χ4n) is 3.31. The van der Waals surface area contributed by atoms with Gasteiger partial charge in [0.1, 0.15) is 0 Å². The van der Waals surface area contributed by atoms with E-state index < -0.39 is 10.0 Å². The Morgan fingerprint density at radius 3 is 2.63 bits per heavy atom. The molecule has 2 aromatic carbocycles. The molecule has 0 unspecified atom stereocenters. The van der Waals surface area contributed by atoms with Gasteiger partial charge in [-0.1, -0.05) is 17.7 Å². The Morgan fingerprint density at radius 2 is 1.96 bits per heavy atom. The molecule has 0 aliphatic carbocycles. The molecule has 0 saturated carbocycles. The van der Waals surface area contributed by atoms with Crippen LogP contribution in [0.3, 0.4) is 0 Å². The first-order valence-corrected chi connectivity index (χ1v) is 10.8. The van der Waals surface area contributed by atoms with Crippen molar-refractivity contribution in [3.8, 4) is 0 Å². The van der Waals surface area contributed by atoms with Crippen LogP contribution < -0.4 is 14.5 Å². The van der Waals surface area contributed by atoms with Crippen molar-refractivity contribution in [3.05, 3.63) is 52.5 Å². The summed E-state index contributed by atoms with van der Waals surface area (Å²) >= 11 is 6.25. The molecule has 1 aliphatic heterocycles. The first kappa shape index (κ1) is 19.5. The zero-order valence-electron chi connectivity index (χ0n) is 15.5. The minimum absolute atomic E-state index is 0.264. The van der Waals surface area contributed by atoms with Crippen LogP contribution in [0.5, 0.6) is 0 Å². The highest BCUT2D eigenvalue weighted by molar-refractivity contribution is 7.92. The summed E-state index contributed by atoms with van der Waals surface area (Å²) in [6.07, 6.45) is 2.66. The van der Waals surface area contributed by atoms with Gasteiger partial charge in [-0.25, -0.2) is 8.42 Å². The molecule has 0 fully saturated rings. The Balaban J connectivity index is 1.91. The molecule has 1 amide bonds. The zero-order chi connectivity index (χ0) is 19.8. The van der Waals surface area contributed by atoms with Crippen LogP contribution >= 0.6 is 11.6 Å². The molecule has 0 radical (unpaired) electrons. The maximum Gasteiger partial charge on any atom is 0.255 e. The number of para-hydroxylation sites is 1. The van der Waals surface area contributed by atoms with Crippen molar-refractivity contribution >= 4 is 44.6 Å². The summed E-state index contributed by atoms with van der Waals surface area (Å²) in [6, 6.07) is 10.5. The van der Waals surface area contributed by atoms with Gasteiger partial charge in [0.05, 0.1) is 28.3 Å². The molecule has 3 rings (SSSR count). The van der Waals surface area contributed by atoms with Crippen LogP contribution in [0.25, 0.3) is 0 Å². The van der Waals surface area contributed by atoms with E-state index in [9.17, 15) is 13.2 Å². The van der Waals surface area contributed by atoms with Gasteiger partial charge in [0.25, 0.3) is 5.91 Å². The third-order valence-corrected chi connectivity index (χ3v) is 5.99. The molecule has 27 heavy (non-hydrogen) atoms. The molecule has 0 bridgehead atoms. The number of amides is 1. The molecular weight excluding hydrogens is 386 g/mol. The summed E-state index contributed by atoms with van der Waals surface area (Å²) in [5.74, 6) is -0.264. The van der Waals surface area contributed by atoms with Crippen LogP contribution in [0.15, 0.2) is 36.4 Å². The first-order valence-electron chi connectivity index (χ1n) is 8.56. The Labute approximate surface area is 164 Å². The number of sulfonamides is 1. The average Bonchev–Trinajstić information content (AvgIpc) is 2.59. The van der Waals surface area contributed by atoms with Gasteiger partial charge in [-0.2, -0.15) is 0 Å². The van der Waals surface area contributed by atoms with Crippen molar-refractivity contribution in [1.29, 1.82) is 0 Å². The smallest absolute Gasteiger partial charge is 0.255 e. The fraction of sp³-hybridized carbons (Fsp3) is 0.316. The first-order chi connectivity index (χ1) is 12.7. The Morgan fingerprint density at radius 1 is 1.22 bits per heavy atom. The van der Waals surface area contributed by atoms with Crippen molar-refractivity contribution in [2.45, 2.75) is 12.8 Å². The van der Waals surface area contributed by atoms with Gasteiger partial charge in [-0.15, -0.1) is 0 Å². The average molecular weight is 408 g/mol. The number of hydrogen-bond donors (Lipinski definition) is 1. The SMILES string of the molecule is CN(C)c1c(Cl)cccc1NC(=O)c1ccc2c(c1)CCCN2S(C)(=O)=O. The van der Waals surface area contributed by atoms with Gasteiger partial charge in [0.15, 0.2) is 0 Å². The number of aryl methyl sites for hydroxylation is 1. The minimum Gasteiger partial charge on any atom is -0.375 e. The number of fused-ring (bicyclic) bond motifs is 1. The van der Waals surface area contributed by atoms with E-state index in [1.54, 1.807) is 36.4 Å². The van der Waals surface area contributed by atoms with Crippen molar-refractivity contribution in [2.75, 3.05) is 41.4 Å². The van der Waals surface area contributed by atoms with Crippen LogP contribution in [-0.2, 0) is 16.4 Å². The van der Waals surface area contributed by atoms with E-state index in [-0.39, 0.29) is 5.91 Å². The van der Waals surface area contributed by atoms with Crippen LogP contribution in [0.2, 0.25) is 5.02 Å². The highest BCUT2D eigenvalue weighted by Crippen LogP contribution is 2.33. The van der Waals surface area contributed by atoms with Crippen molar-refractivity contribution in [1.82, 2.24) is 0 Å². The van der Waals surface area contributed by atoms with Crippen LogP contribution in [0, 0.1) is 0 Å². The van der Waals surface area contributed by atoms with Gasteiger partial charge in [0.2, 0.25) is 10.0 Å². The van der Waals surface area contributed by atoms with Gasteiger partial charge >= 0.3 is 0 Å². The van der Waals surface area contributed by atoms with E-state index in [2.05, 4.69) is 5.32 Å². The Bertz CT molecular complexity index is 990. The van der Waals surface area contributed by atoms with Gasteiger partial charge in [-0.3, -0.25) is 9.10 Å². The number of benzene rings is 2. The third-order valence-electron chi connectivity index (χ3n) is 4.50. The van der Waals surface area contributed by atoms with Crippen LogP contribution in [-0.4, -0.2) is 41.2 Å². The summed E-state index contributed by atoms with van der Waals surface area (Å²) in [4.78, 5) is 14.6. The minimum atomic E-state index is -3.33. The fourth-order valence-corrected chi connectivity index (χ4v) is 4.65. The summed E-state index contributed by atoms with van der Waals surface area (Å²) in [5.41, 5.74) is 3.34. The highest BCUT2D eigenvalue weighted by Gasteiger charge is 2.25. The lowest BCUT2D eigenvalue weighted by Crippen LogP contribution is -2.34. The lowest BCUT2D eigenvalue weighted by Gasteiger charge is -2.29. The number of rotatable bonds is 4. The van der Waals surface area contributed by atoms with E-state index in [0.29, 0.717) is 28.5 Å². The maximum atomic E-state index is 12.8. The van der Waals surface area contributed by atoms with Gasteiger partial charge in [0, 0.05) is 26.2 Å². The normalized spacial score (nSPS) is 13.9. The zero-order valence-corrected chi connectivity index (χ0v) is 17.1. The van der Waals surface area contributed by atoms with E-state index >= 15 is 0 Å². The van der Waals surface area contributed by atoms with Gasteiger partial charge < -0.3 is 10.2 Å². The molecule has 144 valence electrons. The van der Waals surface area contributed by atoms with E-state index in [0.717, 1.165) is 24.1 Å². The third kappa shape index (κ3) is 4.04. The summed E-state index contributed by atoms with van der Waals surface area (Å²) in [7, 11) is 0.385. The maximum absolute atomic E-state index is 12.8. The Kier molecular flexibility index (Phi) is 5.35. The second-order valence-electron chi connectivity index (χ2n) is 6.77. The van der Waals surface area contributed by atoms with Crippen molar-refractivity contribution < 1.29 is 13.2 Å². The molecular formula is C19H22ClN3O3S. The molecule has 0 aromatic heterocycles. The highest BCUT2D eigenvalue weighted by atomic mass is 35.5. The molecule has 6 nitrogen and oxygen atoms in total. The monoisotopic (exact) mass is 407 g/mol. The number of hydrogen-bond acceptors (Lipinski definition) is 4. The predicted octanol–water partition coefficient (Wildman–Crippen LogP) is 3.37. The molecule has 0 saturated heterocycles. The molecule has 0 spiro atoms. The number of halogens is 1. The molecule has 0 atom stereocenters. The summed E-state index contributed by atoms with van der Waals surface area (Å²) < 4.78 is 25.3. The molecule has 8 heteroatoms. The van der Waals surface area contributed by atoms with E-state index in [4.69, 9.17) is 11.6 Å². The second kappa shape index (κ2) is 7.40. The summed E-state index contributed by atoms with van der Waals surface area (Å²) in [5, 5.41) is 3.45. The topological polar surface area (TPSA) is 69.7 Å². The number of anilines is 3. The second-order valence-corrected chi connectivity index (χ2v) is 9.08.